The van der Waals surface area contributed by atoms with Gasteiger partial charge in [0, 0.05) is 23.7 Å². The Kier molecular flexibility index (Phi) is 4.05. The summed E-state index contributed by atoms with van der Waals surface area (Å²) in [5, 5.41) is 3.66. The standard InChI is InChI=1S/C15H30N2O/c1-14(2,3)16-10-12-6-7-13(12)17-8-9-18-11-15(17,4)5/h12-13,16H,6-11H2,1-5H3. The van der Waals surface area contributed by atoms with Gasteiger partial charge in [0.05, 0.1) is 13.2 Å². The Morgan fingerprint density at radius 2 is 2.00 bits per heavy atom. The van der Waals surface area contributed by atoms with Crippen LogP contribution in [-0.4, -0.2) is 48.3 Å². The van der Waals surface area contributed by atoms with Crippen LogP contribution in [0.3, 0.4) is 0 Å². The number of rotatable bonds is 3. The molecule has 106 valence electrons. The van der Waals surface area contributed by atoms with Gasteiger partial charge in [-0.1, -0.05) is 0 Å². The molecule has 2 rings (SSSR count). The maximum atomic E-state index is 5.63. The topological polar surface area (TPSA) is 24.5 Å². The maximum Gasteiger partial charge on any atom is 0.0645 e. The third kappa shape index (κ3) is 3.25. The maximum absolute atomic E-state index is 5.63. The molecule has 0 amide bonds. The first-order chi connectivity index (χ1) is 8.30. The molecule has 18 heavy (non-hydrogen) atoms. The third-order valence-electron chi connectivity index (χ3n) is 4.38. The van der Waals surface area contributed by atoms with Gasteiger partial charge in [-0.15, -0.1) is 0 Å². The lowest BCUT2D eigenvalue weighted by molar-refractivity contribution is -0.103. The lowest BCUT2D eigenvalue weighted by atomic mass is 9.76. The number of ether oxygens (including phenoxy) is 1. The molecule has 1 aliphatic carbocycles. The van der Waals surface area contributed by atoms with Gasteiger partial charge in [-0.05, 0) is 59.9 Å². The molecule has 0 bridgehead atoms. The number of nitrogens with one attached hydrogen (secondary N) is 1. The van der Waals surface area contributed by atoms with Gasteiger partial charge in [-0.25, -0.2) is 0 Å². The Balaban J connectivity index is 1.89. The van der Waals surface area contributed by atoms with Crippen LogP contribution in [0.15, 0.2) is 0 Å². The van der Waals surface area contributed by atoms with Crippen molar-refractivity contribution in [2.45, 2.75) is 64.6 Å². The minimum Gasteiger partial charge on any atom is -0.378 e. The minimum absolute atomic E-state index is 0.212. The fourth-order valence-electron chi connectivity index (χ4n) is 3.12. The zero-order valence-electron chi connectivity index (χ0n) is 12.8. The SMILES string of the molecule is CC(C)(C)NCC1CCC1N1CCOCC1(C)C. The van der Waals surface area contributed by atoms with E-state index in [0.29, 0.717) is 0 Å². The van der Waals surface area contributed by atoms with E-state index in [2.05, 4.69) is 44.8 Å². The first kappa shape index (κ1) is 14.3. The molecular weight excluding hydrogens is 224 g/mol. The highest BCUT2D eigenvalue weighted by Gasteiger charge is 2.43. The van der Waals surface area contributed by atoms with E-state index in [1.54, 1.807) is 0 Å². The summed E-state index contributed by atoms with van der Waals surface area (Å²) in [7, 11) is 0. The van der Waals surface area contributed by atoms with E-state index in [4.69, 9.17) is 4.74 Å². The average molecular weight is 254 g/mol. The molecule has 3 nitrogen and oxygen atoms in total. The van der Waals surface area contributed by atoms with E-state index in [9.17, 15) is 0 Å². The van der Waals surface area contributed by atoms with Gasteiger partial charge in [0.2, 0.25) is 0 Å². The molecule has 1 saturated carbocycles. The van der Waals surface area contributed by atoms with E-state index >= 15 is 0 Å². The lowest BCUT2D eigenvalue weighted by Gasteiger charge is -2.53. The quantitative estimate of drug-likeness (QED) is 0.836. The predicted octanol–water partition coefficient (Wildman–Crippen LogP) is 2.26. The van der Waals surface area contributed by atoms with Gasteiger partial charge < -0.3 is 10.1 Å². The smallest absolute Gasteiger partial charge is 0.0645 e. The molecule has 0 radical (unpaired) electrons. The van der Waals surface area contributed by atoms with E-state index in [-0.39, 0.29) is 11.1 Å². The normalized spacial score (nSPS) is 33.2. The summed E-state index contributed by atoms with van der Waals surface area (Å²) in [6, 6.07) is 0.763. The second-order valence-corrected chi connectivity index (χ2v) is 7.59. The zero-order valence-corrected chi connectivity index (χ0v) is 12.8. The molecule has 0 aromatic carbocycles. The fraction of sp³-hybridized carbons (Fsp3) is 1.00. The zero-order chi connectivity index (χ0) is 13.4. The van der Waals surface area contributed by atoms with Gasteiger partial charge in [0.15, 0.2) is 0 Å². The van der Waals surface area contributed by atoms with Crippen molar-refractivity contribution in [3.63, 3.8) is 0 Å². The number of hydrogen-bond acceptors (Lipinski definition) is 3. The molecule has 1 saturated heterocycles. The summed E-state index contributed by atoms with van der Waals surface area (Å²) in [5.74, 6) is 0.821. The van der Waals surface area contributed by atoms with Crippen LogP contribution in [0.2, 0.25) is 0 Å². The van der Waals surface area contributed by atoms with Crippen LogP contribution >= 0.6 is 0 Å². The summed E-state index contributed by atoms with van der Waals surface area (Å²) < 4.78 is 5.63. The van der Waals surface area contributed by atoms with Crippen molar-refractivity contribution in [1.82, 2.24) is 10.2 Å². The summed E-state index contributed by atoms with van der Waals surface area (Å²) in [6.07, 6.45) is 2.74. The second-order valence-electron chi connectivity index (χ2n) is 7.59. The first-order valence-electron chi connectivity index (χ1n) is 7.39. The molecule has 3 heteroatoms. The molecular formula is C15H30N2O. The first-order valence-corrected chi connectivity index (χ1v) is 7.39. The van der Waals surface area contributed by atoms with Crippen molar-refractivity contribution in [3.8, 4) is 0 Å². The monoisotopic (exact) mass is 254 g/mol. The van der Waals surface area contributed by atoms with Crippen LogP contribution < -0.4 is 5.32 Å². The predicted molar refractivity (Wildman–Crippen MR) is 75.9 cm³/mol. The third-order valence-corrected chi connectivity index (χ3v) is 4.38. The largest absolute Gasteiger partial charge is 0.378 e. The Hall–Kier alpha value is -0.120. The number of hydrogen-bond donors (Lipinski definition) is 1. The average Bonchev–Trinajstić information content (AvgIpc) is 2.17. The van der Waals surface area contributed by atoms with E-state index in [0.717, 1.165) is 38.3 Å². The Morgan fingerprint density at radius 1 is 1.28 bits per heavy atom. The Labute approximate surface area is 112 Å². The van der Waals surface area contributed by atoms with Gasteiger partial charge in [0.1, 0.15) is 0 Å². The summed E-state index contributed by atoms with van der Waals surface area (Å²) in [6.45, 7) is 15.4. The molecule has 1 N–H and O–H groups in total. The fourth-order valence-corrected chi connectivity index (χ4v) is 3.12. The Bertz CT molecular complexity index is 283. The van der Waals surface area contributed by atoms with Crippen LogP contribution in [0.1, 0.15) is 47.5 Å². The molecule has 2 aliphatic rings. The van der Waals surface area contributed by atoms with E-state index < -0.39 is 0 Å². The Morgan fingerprint density at radius 3 is 2.50 bits per heavy atom. The highest BCUT2D eigenvalue weighted by molar-refractivity contribution is 4.97. The van der Waals surface area contributed by atoms with Crippen molar-refractivity contribution in [3.05, 3.63) is 0 Å². The molecule has 0 spiro atoms. The minimum atomic E-state index is 0.212. The van der Waals surface area contributed by atoms with Crippen LogP contribution in [0, 0.1) is 5.92 Å². The van der Waals surface area contributed by atoms with Gasteiger partial charge in [-0.3, -0.25) is 4.90 Å². The van der Waals surface area contributed by atoms with E-state index in [1.807, 2.05) is 0 Å². The van der Waals surface area contributed by atoms with Gasteiger partial charge in [-0.2, -0.15) is 0 Å². The van der Waals surface area contributed by atoms with Crippen molar-refractivity contribution in [1.29, 1.82) is 0 Å². The summed E-state index contributed by atoms with van der Waals surface area (Å²) in [4.78, 5) is 2.69. The molecule has 2 atom stereocenters. The van der Waals surface area contributed by atoms with E-state index in [1.165, 1.54) is 12.8 Å². The van der Waals surface area contributed by atoms with Gasteiger partial charge in [0.25, 0.3) is 0 Å². The molecule has 1 heterocycles. The van der Waals surface area contributed by atoms with Crippen LogP contribution in [0.25, 0.3) is 0 Å². The number of morpholine rings is 1. The highest BCUT2D eigenvalue weighted by Crippen LogP contribution is 2.37. The van der Waals surface area contributed by atoms with Crippen molar-refractivity contribution < 1.29 is 4.74 Å². The lowest BCUT2D eigenvalue weighted by Crippen LogP contribution is -2.63. The molecule has 0 aromatic heterocycles. The van der Waals surface area contributed by atoms with Crippen molar-refractivity contribution in [2.75, 3.05) is 26.3 Å². The summed E-state index contributed by atoms with van der Waals surface area (Å²) >= 11 is 0. The number of nitrogens with zero attached hydrogens (tertiary/aromatic N) is 1. The molecule has 0 aromatic rings. The van der Waals surface area contributed by atoms with Crippen LogP contribution in [0.4, 0.5) is 0 Å². The van der Waals surface area contributed by atoms with Crippen molar-refractivity contribution >= 4 is 0 Å². The highest BCUT2D eigenvalue weighted by atomic mass is 16.5. The molecule has 1 aliphatic heterocycles. The molecule has 2 unspecified atom stereocenters. The summed E-state index contributed by atoms with van der Waals surface area (Å²) in [5.41, 5.74) is 0.448. The van der Waals surface area contributed by atoms with Crippen molar-refractivity contribution in [2.24, 2.45) is 5.92 Å². The van der Waals surface area contributed by atoms with Crippen LogP contribution in [-0.2, 0) is 4.74 Å². The van der Waals surface area contributed by atoms with Crippen LogP contribution in [0.5, 0.6) is 0 Å². The van der Waals surface area contributed by atoms with Gasteiger partial charge >= 0.3 is 0 Å². The molecule has 2 fully saturated rings. The second kappa shape index (κ2) is 5.10.